The molecule has 7 heteroatoms. The number of rotatable bonds is 3. The van der Waals surface area contributed by atoms with Crippen LogP contribution in [0.1, 0.15) is 10.3 Å². The van der Waals surface area contributed by atoms with Crippen molar-refractivity contribution in [2.75, 3.05) is 0 Å². The van der Waals surface area contributed by atoms with Crippen LogP contribution in [0.15, 0.2) is 29.6 Å². The van der Waals surface area contributed by atoms with Crippen LogP contribution in [0.5, 0.6) is 0 Å². The van der Waals surface area contributed by atoms with Crippen molar-refractivity contribution in [1.82, 2.24) is 0 Å². The van der Waals surface area contributed by atoms with E-state index in [-0.39, 0.29) is 4.88 Å². The van der Waals surface area contributed by atoms with Gasteiger partial charge in [0.15, 0.2) is 0 Å². The van der Waals surface area contributed by atoms with Crippen LogP contribution in [0, 0.1) is 0 Å². The predicted molar refractivity (Wildman–Crippen MR) is 64.1 cm³/mol. The molecule has 0 aliphatic rings. The van der Waals surface area contributed by atoms with E-state index in [0.29, 0.717) is 0 Å². The van der Waals surface area contributed by atoms with Gasteiger partial charge in [-0.1, -0.05) is 6.07 Å². The first-order valence-corrected chi connectivity index (χ1v) is 7.46. The lowest BCUT2D eigenvalue weighted by Crippen LogP contribution is -2.09. The van der Waals surface area contributed by atoms with Gasteiger partial charge in [-0.25, -0.2) is 0 Å². The lowest BCUT2D eigenvalue weighted by atomic mass is 10.4. The minimum absolute atomic E-state index is 0.214. The second kappa shape index (κ2) is 4.27. The molecule has 2 aromatic heterocycles. The number of hydrogen-bond donors (Lipinski definition) is 2. The maximum atomic E-state index is 10.7. The van der Waals surface area contributed by atoms with E-state index in [1.807, 2.05) is 17.5 Å². The first kappa shape index (κ1) is 11.7. The fourth-order valence-electron chi connectivity index (χ4n) is 1.18. The van der Waals surface area contributed by atoms with E-state index in [9.17, 15) is 13.5 Å². The molecular formula is C9H8O4S3. The monoisotopic (exact) mass is 276 g/mol. The molecule has 0 saturated heterocycles. The average molecular weight is 276 g/mol. The highest BCUT2D eigenvalue weighted by Gasteiger charge is 2.23. The Morgan fingerprint density at radius 1 is 1.19 bits per heavy atom. The van der Waals surface area contributed by atoms with Gasteiger partial charge in [-0.2, -0.15) is 8.42 Å². The van der Waals surface area contributed by atoms with E-state index < -0.39 is 15.6 Å². The molecule has 0 aliphatic carbocycles. The van der Waals surface area contributed by atoms with Gasteiger partial charge < -0.3 is 5.11 Å². The van der Waals surface area contributed by atoms with Crippen molar-refractivity contribution in [1.29, 1.82) is 0 Å². The molecule has 0 radical (unpaired) electrons. The van der Waals surface area contributed by atoms with E-state index in [1.165, 1.54) is 17.4 Å². The van der Waals surface area contributed by atoms with Crippen molar-refractivity contribution in [2.24, 2.45) is 0 Å². The molecule has 2 rings (SSSR count). The molecule has 0 aromatic carbocycles. The molecule has 0 fully saturated rings. The van der Waals surface area contributed by atoms with Gasteiger partial charge in [-0.15, -0.1) is 22.7 Å². The second-order valence-electron chi connectivity index (χ2n) is 3.05. The first-order valence-electron chi connectivity index (χ1n) is 4.26. The van der Waals surface area contributed by atoms with Gasteiger partial charge in [-0.05, 0) is 23.6 Å². The summed E-state index contributed by atoms with van der Waals surface area (Å²) < 4.78 is 30.2. The molecule has 0 aliphatic heterocycles. The molecule has 0 bridgehead atoms. The number of thiophene rings is 2. The molecule has 2 heterocycles. The lowest BCUT2D eigenvalue weighted by Gasteiger charge is -2.02. The van der Waals surface area contributed by atoms with Crippen molar-refractivity contribution in [3.63, 3.8) is 0 Å². The van der Waals surface area contributed by atoms with Gasteiger partial charge in [0, 0.05) is 9.75 Å². The maximum Gasteiger partial charge on any atom is 0.297 e. The summed E-state index contributed by atoms with van der Waals surface area (Å²) in [7, 11) is -4.44. The normalized spacial score (nSPS) is 13.9. The molecule has 2 N–H and O–H groups in total. The molecule has 2 aromatic rings. The summed E-state index contributed by atoms with van der Waals surface area (Å²) in [4.78, 5) is 2.08. The minimum atomic E-state index is -4.44. The smallest absolute Gasteiger partial charge is 0.297 e. The van der Waals surface area contributed by atoms with E-state index in [0.717, 1.165) is 21.1 Å². The Bertz CT molecular complexity index is 568. The van der Waals surface area contributed by atoms with Gasteiger partial charge in [0.1, 0.15) is 0 Å². The molecule has 1 unspecified atom stereocenters. The Hall–Kier alpha value is -0.730. The molecule has 1 atom stereocenters. The predicted octanol–water partition coefficient (Wildman–Crippen LogP) is 2.36. The lowest BCUT2D eigenvalue weighted by molar-refractivity contribution is 0.242. The third-order valence-electron chi connectivity index (χ3n) is 1.92. The van der Waals surface area contributed by atoms with Crippen molar-refractivity contribution < 1.29 is 18.1 Å². The third-order valence-corrected chi connectivity index (χ3v) is 5.09. The van der Waals surface area contributed by atoms with Crippen LogP contribution in [0.3, 0.4) is 0 Å². The SMILES string of the molecule is O=S(=O)(O)C(O)c1ccc(-c2cccs2)s1. The zero-order chi connectivity index (χ0) is 11.8. The Balaban J connectivity index is 2.34. The van der Waals surface area contributed by atoms with Crippen molar-refractivity contribution in [3.8, 4) is 9.75 Å². The zero-order valence-electron chi connectivity index (χ0n) is 7.90. The molecular weight excluding hydrogens is 268 g/mol. The van der Waals surface area contributed by atoms with Crippen LogP contribution in [0.4, 0.5) is 0 Å². The second-order valence-corrected chi connectivity index (χ2v) is 6.59. The highest BCUT2D eigenvalue weighted by molar-refractivity contribution is 7.86. The largest absolute Gasteiger partial charge is 0.371 e. The summed E-state index contributed by atoms with van der Waals surface area (Å²) in [5.74, 6) is 0. The van der Waals surface area contributed by atoms with Gasteiger partial charge in [-0.3, -0.25) is 4.55 Å². The van der Waals surface area contributed by atoms with Crippen LogP contribution < -0.4 is 0 Å². The van der Waals surface area contributed by atoms with E-state index in [2.05, 4.69) is 0 Å². The molecule has 4 nitrogen and oxygen atoms in total. The highest BCUT2D eigenvalue weighted by Crippen LogP contribution is 2.35. The van der Waals surface area contributed by atoms with Crippen molar-refractivity contribution >= 4 is 32.8 Å². The average Bonchev–Trinajstić information content (AvgIpc) is 2.85. The quantitative estimate of drug-likeness (QED) is 0.844. The Kier molecular flexibility index (Phi) is 3.13. The third kappa shape index (κ3) is 2.33. The molecule has 0 saturated carbocycles. The maximum absolute atomic E-state index is 10.7. The van der Waals surface area contributed by atoms with Gasteiger partial charge in [0.25, 0.3) is 10.1 Å². The fourth-order valence-corrected chi connectivity index (χ4v) is 3.77. The Labute approximate surface area is 101 Å². The van der Waals surface area contributed by atoms with E-state index >= 15 is 0 Å². The van der Waals surface area contributed by atoms with Crippen LogP contribution in [-0.2, 0) is 10.1 Å². The Morgan fingerprint density at radius 3 is 2.50 bits per heavy atom. The summed E-state index contributed by atoms with van der Waals surface area (Å²) in [5, 5.41) is 11.3. The summed E-state index contributed by atoms with van der Waals surface area (Å²) in [6, 6.07) is 7.01. The summed E-state index contributed by atoms with van der Waals surface area (Å²) in [6.45, 7) is 0. The number of hydrogen-bond acceptors (Lipinski definition) is 5. The fraction of sp³-hybridized carbons (Fsp3) is 0.111. The number of aliphatic hydroxyl groups is 1. The van der Waals surface area contributed by atoms with Crippen LogP contribution in [0.2, 0.25) is 0 Å². The first-order chi connectivity index (χ1) is 7.48. The van der Waals surface area contributed by atoms with E-state index in [1.54, 1.807) is 6.07 Å². The molecule has 86 valence electrons. The van der Waals surface area contributed by atoms with Crippen molar-refractivity contribution in [2.45, 2.75) is 5.44 Å². The topological polar surface area (TPSA) is 74.6 Å². The molecule has 16 heavy (non-hydrogen) atoms. The summed E-state index contributed by atoms with van der Waals surface area (Å²) in [6.07, 6.45) is 0. The minimum Gasteiger partial charge on any atom is -0.371 e. The standard InChI is InChI=1S/C9H8O4S3/c10-9(16(11,12)13)8-4-3-7(15-8)6-2-1-5-14-6/h1-5,9-10H,(H,11,12,13). The van der Waals surface area contributed by atoms with Crippen LogP contribution in [-0.4, -0.2) is 18.1 Å². The molecule has 0 amide bonds. The summed E-state index contributed by atoms with van der Waals surface area (Å²) >= 11 is 2.67. The van der Waals surface area contributed by atoms with Crippen LogP contribution >= 0.6 is 22.7 Å². The Morgan fingerprint density at radius 2 is 1.94 bits per heavy atom. The number of aliphatic hydroxyl groups excluding tert-OH is 1. The van der Waals surface area contributed by atoms with Crippen LogP contribution in [0.25, 0.3) is 9.75 Å². The molecule has 0 spiro atoms. The van der Waals surface area contributed by atoms with E-state index in [4.69, 9.17) is 4.55 Å². The van der Waals surface area contributed by atoms with Gasteiger partial charge in [0.2, 0.25) is 5.44 Å². The van der Waals surface area contributed by atoms with Gasteiger partial charge in [0.05, 0.1) is 4.88 Å². The summed E-state index contributed by atoms with van der Waals surface area (Å²) in [5.41, 5.74) is -1.86. The van der Waals surface area contributed by atoms with Gasteiger partial charge >= 0.3 is 0 Å². The zero-order valence-corrected chi connectivity index (χ0v) is 10.3. The van der Waals surface area contributed by atoms with Crippen molar-refractivity contribution in [3.05, 3.63) is 34.5 Å². The highest BCUT2D eigenvalue weighted by atomic mass is 32.2.